The van der Waals surface area contributed by atoms with Crippen LogP contribution in [0.2, 0.25) is 0 Å². The molecule has 0 heterocycles. The fourth-order valence-corrected chi connectivity index (χ4v) is 4.54. The average Bonchev–Trinajstić information content (AvgIpc) is 2.59. The molecule has 2 unspecified atom stereocenters. The molecule has 1 aromatic carbocycles. The van der Waals surface area contributed by atoms with Crippen molar-refractivity contribution in [2.24, 2.45) is 0 Å². The van der Waals surface area contributed by atoms with Crippen molar-refractivity contribution in [3.05, 3.63) is 29.0 Å². The summed E-state index contributed by atoms with van der Waals surface area (Å²) in [5.41, 5.74) is -0.495. The van der Waals surface area contributed by atoms with Crippen LogP contribution in [0.25, 0.3) is 0 Å². The predicted molar refractivity (Wildman–Crippen MR) is 108 cm³/mol. The molecule has 0 amide bonds. The van der Waals surface area contributed by atoms with E-state index in [-0.39, 0.29) is 33.1 Å². The number of hydrogen-bond acceptors (Lipinski definition) is 6. The molecule has 1 rings (SSSR count). The maximum atomic E-state index is 12.5. The summed E-state index contributed by atoms with van der Waals surface area (Å²) in [5, 5.41) is 28.6. The number of carboxylic acid groups (broad SMARTS) is 1. The van der Waals surface area contributed by atoms with E-state index in [1.807, 2.05) is 0 Å². The fourth-order valence-electron chi connectivity index (χ4n) is 2.09. The van der Waals surface area contributed by atoms with Crippen molar-refractivity contribution in [2.45, 2.75) is 25.6 Å². The first-order valence-electron chi connectivity index (χ1n) is 7.34. The molecule has 0 radical (unpaired) electrons. The van der Waals surface area contributed by atoms with Crippen molar-refractivity contribution in [1.29, 1.82) is 0 Å². The smallest absolute Gasteiger partial charge is 0.340 e. The Morgan fingerprint density at radius 3 is 2.04 bits per heavy atom. The van der Waals surface area contributed by atoms with Gasteiger partial charge in [-0.3, -0.25) is 0 Å². The topological polar surface area (TPSA) is 113 Å². The van der Waals surface area contributed by atoms with Crippen LogP contribution in [0.3, 0.4) is 0 Å². The summed E-state index contributed by atoms with van der Waals surface area (Å²) in [6, 6.07) is 0. The lowest BCUT2D eigenvalue weighted by Gasteiger charge is -2.22. The number of aliphatic hydroxyl groups is 2. The van der Waals surface area contributed by atoms with Crippen molar-refractivity contribution >= 4 is 75.7 Å². The summed E-state index contributed by atoms with van der Waals surface area (Å²) in [7, 11) is 0. The second-order valence-corrected chi connectivity index (χ2v) is 8.15. The second-order valence-electron chi connectivity index (χ2n) is 4.98. The number of halogens is 4. The number of aromatic carboxylic acids is 1. The maximum Gasteiger partial charge on any atom is 0.340 e. The molecular weight excluding hydrogens is 612 g/mol. The van der Waals surface area contributed by atoms with Crippen molar-refractivity contribution in [3.8, 4) is 0 Å². The van der Waals surface area contributed by atoms with Crippen LogP contribution in [0.15, 0.2) is 17.9 Å². The van der Waals surface area contributed by atoms with E-state index in [9.17, 15) is 19.8 Å². The molecule has 0 aliphatic carbocycles. The minimum atomic E-state index is -1.33. The molecule has 0 fully saturated rings. The number of hydrogen-bond donors (Lipinski definition) is 3. The van der Waals surface area contributed by atoms with E-state index >= 15 is 0 Å². The molecule has 0 aliphatic heterocycles. The molecule has 0 bridgehead atoms. The van der Waals surface area contributed by atoms with Gasteiger partial charge in [0.25, 0.3) is 0 Å². The molecular formula is C15H16Br4O7. The highest BCUT2D eigenvalue weighted by atomic mass is 79.9. The summed E-state index contributed by atoms with van der Waals surface area (Å²) in [6.45, 7) is 1.44. The number of rotatable bonds is 9. The van der Waals surface area contributed by atoms with E-state index in [0.717, 1.165) is 0 Å². The first-order chi connectivity index (χ1) is 12.2. The van der Waals surface area contributed by atoms with Crippen molar-refractivity contribution < 1.29 is 34.4 Å². The molecule has 26 heavy (non-hydrogen) atoms. The zero-order valence-electron chi connectivity index (χ0n) is 13.5. The molecule has 1 aromatic rings. The Kier molecular flexibility index (Phi) is 10.2. The zero-order valence-corrected chi connectivity index (χ0v) is 19.8. The largest absolute Gasteiger partial charge is 0.478 e. The Morgan fingerprint density at radius 1 is 1.04 bits per heavy atom. The Morgan fingerprint density at radius 2 is 1.58 bits per heavy atom. The van der Waals surface area contributed by atoms with Crippen LogP contribution in [-0.4, -0.2) is 59.3 Å². The first kappa shape index (κ1) is 24.0. The Labute approximate surface area is 183 Å². The summed E-state index contributed by atoms with van der Waals surface area (Å²) in [4.78, 5) is 24.1. The van der Waals surface area contributed by atoms with E-state index in [2.05, 4.69) is 63.7 Å². The normalized spacial score (nSPS) is 13.3. The maximum absolute atomic E-state index is 12.5. The standard InChI is InChI=1S/C15H16Br4O7/c1-2-25-7(3-4-20)6(21)5-26-15(24)9-8(14(22)23)10(16)12(18)13(19)11(9)17/h6-7,20-21H,2-5H2,1H3,(H,22,23). The van der Waals surface area contributed by atoms with Gasteiger partial charge in [-0.2, -0.15) is 0 Å². The van der Waals surface area contributed by atoms with Gasteiger partial charge in [0, 0.05) is 31.1 Å². The third-order valence-corrected chi connectivity index (χ3v) is 8.06. The van der Waals surface area contributed by atoms with Crippen LogP contribution in [0, 0.1) is 0 Å². The van der Waals surface area contributed by atoms with Gasteiger partial charge < -0.3 is 24.8 Å². The molecule has 0 aliphatic rings. The van der Waals surface area contributed by atoms with E-state index in [1.165, 1.54) is 0 Å². The zero-order chi connectivity index (χ0) is 20.0. The number of carbonyl (C=O) groups excluding carboxylic acids is 1. The molecule has 3 N–H and O–H groups in total. The second kappa shape index (κ2) is 11.1. The van der Waals surface area contributed by atoms with Gasteiger partial charge in [-0.1, -0.05) is 0 Å². The summed E-state index contributed by atoms with van der Waals surface area (Å²) in [6.07, 6.45) is -1.70. The van der Waals surface area contributed by atoms with Crippen molar-refractivity contribution in [1.82, 2.24) is 0 Å². The SMILES string of the molecule is CCOC(CCO)C(O)COC(=O)c1c(Br)c(Br)c(Br)c(Br)c1C(=O)O. The Hall–Kier alpha value is -0.0400. The lowest BCUT2D eigenvalue weighted by atomic mass is 10.1. The first-order valence-corrected chi connectivity index (χ1v) is 10.5. The molecule has 0 saturated carbocycles. The van der Waals surface area contributed by atoms with Gasteiger partial charge in [-0.05, 0) is 77.1 Å². The van der Waals surface area contributed by atoms with Gasteiger partial charge in [-0.15, -0.1) is 0 Å². The van der Waals surface area contributed by atoms with Crippen molar-refractivity contribution in [3.63, 3.8) is 0 Å². The molecule has 0 saturated heterocycles. The average molecular weight is 628 g/mol. The third kappa shape index (κ3) is 5.73. The number of benzene rings is 1. The highest BCUT2D eigenvalue weighted by Crippen LogP contribution is 2.42. The monoisotopic (exact) mass is 624 g/mol. The van der Waals surface area contributed by atoms with Gasteiger partial charge in [-0.25, -0.2) is 9.59 Å². The summed E-state index contributed by atoms with van der Waals surface area (Å²) < 4.78 is 11.6. The van der Waals surface area contributed by atoms with Crippen LogP contribution in [0.1, 0.15) is 34.1 Å². The number of carbonyl (C=O) groups is 2. The number of aliphatic hydroxyl groups excluding tert-OH is 2. The quantitative estimate of drug-likeness (QED) is 0.217. The predicted octanol–water partition coefficient (Wildman–Crippen LogP) is 3.74. The highest BCUT2D eigenvalue weighted by molar-refractivity contribution is 9.15. The van der Waals surface area contributed by atoms with E-state index < -0.39 is 30.8 Å². The van der Waals surface area contributed by atoms with Crippen LogP contribution < -0.4 is 0 Å². The lowest BCUT2D eigenvalue weighted by Crippen LogP contribution is -2.35. The number of carboxylic acids is 1. The fraction of sp³-hybridized carbons (Fsp3) is 0.467. The van der Waals surface area contributed by atoms with Gasteiger partial charge in [0.1, 0.15) is 12.7 Å². The molecule has 11 heteroatoms. The molecule has 2 atom stereocenters. The summed E-state index contributed by atoms with van der Waals surface area (Å²) >= 11 is 12.8. The Balaban J connectivity index is 3.09. The molecule has 7 nitrogen and oxygen atoms in total. The van der Waals surface area contributed by atoms with Gasteiger partial charge in [0.15, 0.2) is 0 Å². The van der Waals surface area contributed by atoms with Gasteiger partial charge in [0.05, 0.1) is 17.2 Å². The van der Waals surface area contributed by atoms with Crippen molar-refractivity contribution in [2.75, 3.05) is 19.8 Å². The molecule has 0 spiro atoms. The van der Waals surface area contributed by atoms with E-state index in [1.54, 1.807) is 6.92 Å². The third-order valence-electron chi connectivity index (χ3n) is 3.29. The molecule has 146 valence electrons. The van der Waals surface area contributed by atoms with Gasteiger partial charge >= 0.3 is 11.9 Å². The van der Waals surface area contributed by atoms with Crippen LogP contribution in [0.4, 0.5) is 0 Å². The van der Waals surface area contributed by atoms with E-state index in [0.29, 0.717) is 15.6 Å². The highest BCUT2D eigenvalue weighted by Gasteiger charge is 2.30. The minimum Gasteiger partial charge on any atom is -0.478 e. The molecule has 0 aromatic heterocycles. The van der Waals surface area contributed by atoms with Crippen LogP contribution >= 0.6 is 63.7 Å². The van der Waals surface area contributed by atoms with Crippen LogP contribution in [-0.2, 0) is 9.47 Å². The Bertz CT molecular complexity index is 675. The van der Waals surface area contributed by atoms with Gasteiger partial charge in [0.2, 0.25) is 0 Å². The van der Waals surface area contributed by atoms with Crippen LogP contribution in [0.5, 0.6) is 0 Å². The van der Waals surface area contributed by atoms with E-state index in [4.69, 9.17) is 14.6 Å². The number of ether oxygens (including phenoxy) is 2. The summed E-state index contributed by atoms with van der Waals surface area (Å²) in [5.74, 6) is -2.26. The minimum absolute atomic E-state index is 0.167. The lowest BCUT2D eigenvalue weighted by molar-refractivity contribution is -0.0673. The number of esters is 1.